The van der Waals surface area contributed by atoms with Gasteiger partial charge >= 0.3 is 5.97 Å². The summed E-state index contributed by atoms with van der Waals surface area (Å²) in [6, 6.07) is 9.74. The smallest absolute Gasteiger partial charge is 0.344 e. The Labute approximate surface area is 91.5 Å². The highest BCUT2D eigenvalue weighted by Gasteiger charge is 1.97. The number of nitrogens with zero attached hydrogens (tertiary/aromatic N) is 2. The molecular formula is C11H10N2O3. The Balaban J connectivity index is 2.12. The van der Waals surface area contributed by atoms with Gasteiger partial charge in [-0.05, 0) is 17.5 Å². The van der Waals surface area contributed by atoms with Crippen molar-refractivity contribution in [2.45, 2.75) is 0 Å². The number of rotatable bonds is 4. The minimum absolute atomic E-state index is 0.435. The number of hydrogen-bond donors (Lipinski definition) is 1. The summed E-state index contributed by atoms with van der Waals surface area (Å²) in [7, 11) is 0. The lowest BCUT2D eigenvalue weighted by atomic mass is 10.2. The van der Waals surface area contributed by atoms with Crippen molar-refractivity contribution < 1.29 is 14.7 Å². The van der Waals surface area contributed by atoms with Crippen molar-refractivity contribution in [3.8, 4) is 0 Å². The minimum Gasteiger partial charge on any atom is -0.479 e. The van der Waals surface area contributed by atoms with Gasteiger partial charge in [-0.1, -0.05) is 23.4 Å². The normalized spacial score (nSPS) is 11.0. The zero-order valence-corrected chi connectivity index (χ0v) is 8.41. The molecule has 5 nitrogen and oxygen atoms in total. The van der Waals surface area contributed by atoms with Crippen LogP contribution < -0.4 is 0 Å². The number of aromatic nitrogens is 1. The number of hydrogen-bond acceptors (Lipinski definition) is 3. The van der Waals surface area contributed by atoms with Gasteiger partial charge in [0, 0.05) is 6.20 Å². The molecule has 0 bridgehead atoms. The van der Waals surface area contributed by atoms with Crippen LogP contribution in [0.2, 0.25) is 0 Å². The van der Waals surface area contributed by atoms with Crippen LogP contribution in [0.3, 0.4) is 0 Å². The van der Waals surface area contributed by atoms with E-state index in [4.69, 9.17) is 5.11 Å². The summed E-state index contributed by atoms with van der Waals surface area (Å²) >= 11 is 0. The van der Waals surface area contributed by atoms with Gasteiger partial charge in [-0.2, -0.15) is 0 Å². The lowest BCUT2D eigenvalue weighted by Crippen LogP contribution is -2.04. The molecule has 0 spiro atoms. The van der Waals surface area contributed by atoms with Crippen molar-refractivity contribution in [2.75, 3.05) is 6.61 Å². The maximum atomic E-state index is 10.2. The van der Waals surface area contributed by atoms with Crippen molar-refractivity contribution in [3.05, 3.63) is 36.5 Å². The molecule has 0 saturated carbocycles. The Morgan fingerprint density at radius 1 is 1.44 bits per heavy atom. The molecule has 0 unspecified atom stereocenters. The van der Waals surface area contributed by atoms with E-state index in [9.17, 15) is 4.79 Å². The topological polar surface area (TPSA) is 63.8 Å². The second kappa shape index (κ2) is 4.48. The molecule has 2 rings (SSSR count). The zero-order valence-electron chi connectivity index (χ0n) is 8.41. The Morgan fingerprint density at radius 2 is 2.25 bits per heavy atom. The molecule has 5 heteroatoms. The van der Waals surface area contributed by atoms with Crippen LogP contribution in [0, 0.1) is 0 Å². The van der Waals surface area contributed by atoms with E-state index in [0.717, 1.165) is 10.9 Å². The van der Waals surface area contributed by atoms with Gasteiger partial charge in [0.15, 0.2) is 0 Å². The molecular weight excluding hydrogens is 208 g/mol. The van der Waals surface area contributed by atoms with E-state index in [-0.39, 0.29) is 0 Å². The number of para-hydroxylation sites is 1. The molecule has 0 radical (unpaired) electrons. The number of aliphatic carboxylic acids is 1. The summed E-state index contributed by atoms with van der Waals surface area (Å²) < 4.78 is 1.76. The first-order chi connectivity index (χ1) is 7.77. The second-order valence-electron chi connectivity index (χ2n) is 3.17. The third kappa shape index (κ3) is 2.20. The van der Waals surface area contributed by atoms with Crippen LogP contribution >= 0.6 is 0 Å². The number of fused-ring (bicyclic) bond motifs is 1. The standard InChI is InChI=1S/C11H10N2O3/c14-11(15)7-16-12-8-13-6-5-9-3-1-2-4-10(9)13/h1-6,8H,7H2,(H,14,15). The molecule has 0 fully saturated rings. The van der Waals surface area contributed by atoms with Gasteiger partial charge in [0.1, 0.15) is 6.34 Å². The molecule has 1 aromatic heterocycles. The van der Waals surface area contributed by atoms with E-state index in [2.05, 4.69) is 9.99 Å². The lowest BCUT2D eigenvalue weighted by Gasteiger charge is -1.96. The predicted octanol–water partition coefficient (Wildman–Crippen LogP) is 1.53. The summed E-state index contributed by atoms with van der Waals surface area (Å²) in [5, 5.41) is 13.0. The lowest BCUT2D eigenvalue weighted by molar-refractivity contribution is -0.142. The molecule has 82 valence electrons. The van der Waals surface area contributed by atoms with Crippen LogP contribution in [0.5, 0.6) is 0 Å². The van der Waals surface area contributed by atoms with Crippen LogP contribution in [0.25, 0.3) is 10.9 Å². The van der Waals surface area contributed by atoms with Crippen molar-refractivity contribution in [2.24, 2.45) is 5.16 Å². The highest BCUT2D eigenvalue weighted by Crippen LogP contribution is 2.13. The monoisotopic (exact) mass is 218 g/mol. The van der Waals surface area contributed by atoms with E-state index >= 15 is 0 Å². The van der Waals surface area contributed by atoms with Crippen molar-refractivity contribution in [1.82, 2.24) is 4.57 Å². The fraction of sp³-hybridized carbons (Fsp3) is 0.0909. The highest BCUT2D eigenvalue weighted by molar-refractivity contribution is 5.86. The first kappa shape index (κ1) is 10.2. The van der Waals surface area contributed by atoms with Gasteiger partial charge in [-0.3, -0.25) is 0 Å². The van der Waals surface area contributed by atoms with Crippen molar-refractivity contribution in [3.63, 3.8) is 0 Å². The van der Waals surface area contributed by atoms with Crippen molar-refractivity contribution >= 4 is 23.2 Å². The van der Waals surface area contributed by atoms with Gasteiger partial charge in [0.25, 0.3) is 0 Å². The molecule has 0 aliphatic rings. The molecule has 0 atom stereocenters. The van der Waals surface area contributed by atoms with Crippen LogP contribution in [0.1, 0.15) is 0 Å². The largest absolute Gasteiger partial charge is 0.479 e. The van der Waals surface area contributed by atoms with Crippen LogP contribution in [0.4, 0.5) is 0 Å². The highest BCUT2D eigenvalue weighted by atomic mass is 16.6. The molecule has 1 N–H and O–H groups in total. The summed E-state index contributed by atoms with van der Waals surface area (Å²) in [6.07, 6.45) is 3.27. The fourth-order valence-corrected chi connectivity index (χ4v) is 1.38. The fourth-order valence-electron chi connectivity index (χ4n) is 1.38. The van der Waals surface area contributed by atoms with Crippen LogP contribution in [-0.4, -0.2) is 28.6 Å². The number of carbonyl (C=O) groups is 1. The molecule has 0 aliphatic heterocycles. The number of benzene rings is 1. The van der Waals surface area contributed by atoms with Crippen LogP contribution in [0.15, 0.2) is 41.7 Å². The number of oxime groups is 1. The third-order valence-electron chi connectivity index (χ3n) is 2.06. The first-order valence-corrected chi connectivity index (χ1v) is 4.70. The molecule has 2 aromatic rings. The summed E-state index contributed by atoms with van der Waals surface area (Å²) in [4.78, 5) is 14.7. The predicted molar refractivity (Wildman–Crippen MR) is 59.4 cm³/mol. The van der Waals surface area contributed by atoms with Gasteiger partial charge < -0.3 is 14.5 Å². The van der Waals surface area contributed by atoms with E-state index in [1.54, 1.807) is 4.57 Å². The quantitative estimate of drug-likeness (QED) is 0.481. The molecule has 0 saturated heterocycles. The minimum atomic E-state index is -1.05. The molecule has 16 heavy (non-hydrogen) atoms. The zero-order chi connectivity index (χ0) is 11.4. The Kier molecular flexibility index (Phi) is 2.86. The number of carboxylic acids is 1. The molecule has 1 aromatic carbocycles. The maximum absolute atomic E-state index is 10.2. The molecule has 0 aliphatic carbocycles. The van der Waals surface area contributed by atoms with E-state index in [0.29, 0.717) is 0 Å². The van der Waals surface area contributed by atoms with E-state index in [1.807, 2.05) is 36.5 Å². The Morgan fingerprint density at radius 3 is 3.06 bits per heavy atom. The summed E-state index contributed by atoms with van der Waals surface area (Å²) in [6.45, 7) is -0.435. The average Bonchev–Trinajstić information content (AvgIpc) is 2.68. The third-order valence-corrected chi connectivity index (χ3v) is 2.06. The second-order valence-corrected chi connectivity index (χ2v) is 3.17. The SMILES string of the molecule is O=C(O)CON=Cn1ccc2ccccc21. The summed E-state index contributed by atoms with van der Waals surface area (Å²) in [5.74, 6) is -1.05. The van der Waals surface area contributed by atoms with Gasteiger partial charge in [0.05, 0.1) is 5.52 Å². The van der Waals surface area contributed by atoms with Crippen LogP contribution in [-0.2, 0) is 9.63 Å². The van der Waals surface area contributed by atoms with Gasteiger partial charge in [-0.15, -0.1) is 0 Å². The first-order valence-electron chi connectivity index (χ1n) is 4.70. The summed E-state index contributed by atoms with van der Waals surface area (Å²) in [5.41, 5.74) is 0.991. The number of carboxylic acid groups (broad SMARTS) is 1. The maximum Gasteiger partial charge on any atom is 0.344 e. The van der Waals surface area contributed by atoms with Gasteiger partial charge in [0.2, 0.25) is 6.61 Å². The Bertz CT molecular complexity index is 531. The van der Waals surface area contributed by atoms with Crippen molar-refractivity contribution in [1.29, 1.82) is 0 Å². The van der Waals surface area contributed by atoms with Gasteiger partial charge in [-0.25, -0.2) is 4.79 Å². The Hall–Kier alpha value is -2.30. The molecule has 0 amide bonds. The van der Waals surface area contributed by atoms with E-state index < -0.39 is 12.6 Å². The average molecular weight is 218 g/mol. The van der Waals surface area contributed by atoms with E-state index in [1.165, 1.54) is 6.34 Å². The molecule has 1 heterocycles.